The summed E-state index contributed by atoms with van der Waals surface area (Å²) in [4.78, 5) is 19.6. The molecule has 0 fully saturated rings. The highest BCUT2D eigenvalue weighted by atomic mass is 79.9. The van der Waals surface area contributed by atoms with Gasteiger partial charge in [-0.25, -0.2) is 0 Å². The first-order valence-electron chi connectivity index (χ1n) is 5.90. The first-order chi connectivity index (χ1) is 8.97. The van der Waals surface area contributed by atoms with Crippen molar-refractivity contribution in [1.29, 1.82) is 0 Å². The molecule has 0 aliphatic carbocycles. The molecule has 3 nitrogen and oxygen atoms in total. The standard InChI is InChI=1S/C14H15BrN2OS/c1-9-4-5-13(10(2)16-9)14(18)17(3)7-12-6-11(15)8-19-12/h4-6,8H,7H2,1-3H3. The lowest BCUT2D eigenvalue weighted by Crippen LogP contribution is -2.26. The predicted octanol–water partition coefficient (Wildman–Crippen LogP) is 3.79. The van der Waals surface area contributed by atoms with Gasteiger partial charge in [0.2, 0.25) is 0 Å². The molecular formula is C14H15BrN2OS. The number of carbonyl (C=O) groups excluding carboxylic acids is 1. The molecule has 19 heavy (non-hydrogen) atoms. The van der Waals surface area contributed by atoms with Gasteiger partial charge in [-0.2, -0.15) is 0 Å². The average molecular weight is 339 g/mol. The molecule has 0 radical (unpaired) electrons. The fraction of sp³-hybridized carbons (Fsp3) is 0.286. The van der Waals surface area contributed by atoms with E-state index in [1.807, 2.05) is 44.5 Å². The number of amides is 1. The van der Waals surface area contributed by atoms with Crippen LogP contribution in [0.5, 0.6) is 0 Å². The van der Waals surface area contributed by atoms with Gasteiger partial charge in [0, 0.05) is 27.5 Å². The lowest BCUT2D eigenvalue weighted by Gasteiger charge is -2.17. The first-order valence-corrected chi connectivity index (χ1v) is 7.57. The molecule has 2 rings (SSSR count). The van der Waals surface area contributed by atoms with Gasteiger partial charge >= 0.3 is 0 Å². The van der Waals surface area contributed by atoms with Crippen molar-refractivity contribution in [2.75, 3.05) is 7.05 Å². The summed E-state index contributed by atoms with van der Waals surface area (Å²) in [6.07, 6.45) is 0. The van der Waals surface area contributed by atoms with Gasteiger partial charge in [0.25, 0.3) is 5.91 Å². The molecule has 0 N–H and O–H groups in total. The Balaban J connectivity index is 2.14. The number of hydrogen-bond acceptors (Lipinski definition) is 3. The van der Waals surface area contributed by atoms with Crippen LogP contribution < -0.4 is 0 Å². The van der Waals surface area contributed by atoms with Gasteiger partial charge in [-0.1, -0.05) is 0 Å². The van der Waals surface area contributed by atoms with E-state index >= 15 is 0 Å². The quantitative estimate of drug-likeness (QED) is 0.852. The van der Waals surface area contributed by atoms with Crippen LogP contribution in [0, 0.1) is 13.8 Å². The van der Waals surface area contributed by atoms with Crippen LogP contribution in [-0.2, 0) is 6.54 Å². The zero-order valence-corrected chi connectivity index (χ0v) is 13.5. The summed E-state index contributed by atoms with van der Waals surface area (Å²) >= 11 is 5.06. The van der Waals surface area contributed by atoms with Gasteiger partial charge in [0.05, 0.1) is 17.8 Å². The summed E-state index contributed by atoms with van der Waals surface area (Å²) in [6.45, 7) is 4.41. The van der Waals surface area contributed by atoms with Crippen LogP contribution in [0.25, 0.3) is 0 Å². The third-order valence-corrected chi connectivity index (χ3v) is 4.50. The van der Waals surface area contributed by atoms with E-state index in [9.17, 15) is 4.79 Å². The largest absolute Gasteiger partial charge is 0.337 e. The van der Waals surface area contributed by atoms with Gasteiger partial charge < -0.3 is 4.90 Å². The Bertz CT molecular complexity index is 609. The van der Waals surface area contributed by atoms with E-state index in [0.717, 1.165) is 20.7 Å². The van der Waals surface area contributed by atoms with Crippen LogP contribution in [-0.4, -0.2) is 22.8 Å². The molecule has 0 aromatic carbocycles. The van der Waals surface area contributed by atoms with Crippen molar-refractivity contribution in [1.82, 2.24) is 9.88 Å². The van der Waals surface area contributed by atoms with E-state index in [2.05, 4.69) is 20.9 Å². The summed E-state index contributed by atoms with van der Waals surface area (Å²) in [5, 5.41) is 2.02. The van der Waals surface area contributed by atoms with Crippen LogP contribution in [0.1, 0.15) is 26.6 Å². The van der Waals surface area contributed by atoms with Gasteiger partial charge in [0.15, 0.2) is 0 Å². The third-order valence-electron chi connectivity index (χ3n) is 2.82. The maximum atomic E-state index is 12.4. The highest BCUT2D eigenvalue weighted by Gasteiger charge is 2.15. The van der Waals surface area contributed by atoms with Gasteiger partial charge in [-0.05, 0) is 48.0 Å². The molecule has 0 saturated carbocycles. The van der Waals surface area contributed by atoms with E-state index in [-0.39, 0.29) is 5.91 Å². The smallest absolute Gasteiger partial charge is 0.255 e. The summed E-state index contributed by atoms with van der Waals surface area (Å²) in [5.41, 5.74) is 2.38. The molecule has 0 spiro atoms. The number of aryl methyl sites for hydroxylation is 2. The van der Waals surface area contributed by atoms with E-state index in [1.54, 1.807) is 16.2 Å². The van der Waals surface area contributed by atoms with Crippen molar-refractivity contribution >= 4 is 33.2 Å². The zero-order chi connectivity index (χ0) is 14.0. The molecule has 0 saturated heterocycles. The van der Waals surface area contributed by atoms with Crippen LogP contribution in [0.2, 0.25) is 0 Å². The zero-order valence-electron chi connectivity index (χ0n) is 11.1. The Kier molecular flexibility index (Phi) is 4.37. The number of aromatic nitrogens is 1. The lowest BCUT2D eigenvalue weighted by molar-refractivity contribution is 0.0785. The first kappa shape index (κ1) is 14.2. The van der Waals surface area contributed by atoms with E-state index in [1.165, 1.54) is 0 Å². The number of nitrogens with zero attached hydrogens (tertiary/aromatic N) is 2. The minimum absolute atomic E-state index is 0.00882. The van der Waals surface area contributed by atoms with Gasteiger partial charge in [0.1, 0.15) is 0 Å². The highest BCUT2D eigenvalue weighted by molar-refractivity contribution is 9.10. The molecular weight excluding hydrogens is 324 g/mol. The fourth-order valence-electron chi connectivity index (χ4n) is 1.86. The van der Waals surface area contributed by atoms with Crippen LogP contribution >= 0.6 is 27.3 Å². The topological polar surface area (TPSA) is 33.2 Å². The molecule has 2 heterocycles. The second kappa shape index (κ2) is 5.84. The molecule has 0 bridgehead atoms. The Labute approximate surface area is 125 Å². The molecule has 2 aromatic heterocycles. The van der Waals surface area contributed by atoms with Crippen molar-refractivity contribution in [3.05, 3.63) is 49.9 Å². The number of thiophene rings is 1. The summed E-state index contributed by atoms with van der Waals surface area (Å²) < 4.78 is 1.06. The molecule has 0 aliphatic rings. The minimum atomic E-state index is 0.00882. The summed E-state index contributed by atoms with van der Waals surface area (Å²) in [6, 6.07) is 5.76. The Hall–Kier alpha value is -1.20. The van der Waals surface area contributed by atoms with Gasteiger partial charge in [-0.15, -0.1) is 11.3 Å². The fourth-order valence-corrected chi connectivity index (χ4v) is 3.36. The number of halogens is 1. The summed E-state index contributed by atoms with van der Waals surface area (Å²) in [5.74, 6) is 0.00882. The third kappa shape index (κ3) is 3.42. The predicted molar refractivity (Wildman–Crippen MR) is 81.5 cm³/mol. The minimum Gasteiger partial charge on any atom is -0.337 e. The van der Waals surface area contributed by atoms with E-state index < -0.39 is 0 Å². The van der Waals surface area contributed by atoms with E-state index in [4.69, 9.17) is 0 Å². The SMILES string of the molecule is Cc1ccc(C(=O)N(C)Cc2cc(Br)cs2)c(C)n1. The van der Waals surface area contributed by atoms with Crippen molar-refractivity contribution in [2.24, 2.45) is 0 Å². The van der Waals surface area contributed by atoms with Crippen LogP contribution in [0.4, 0.5) is 0 Å². The number of carbonyl (C=O) groups is 1. The van der Waals surface area contributed by atoms with E-state index in [0.29, 0.717) is 12.1 Å². The average Bonchev–Trinajstić information content (AvgIpc) is 2.74. The lowest BCUT2D eigenvalue weighted by atomic mass is 10.1. The Morgan fingerprint density at radius 1 is 1.42 bits per heavy atom. The Morgan fingerprint density at radius 3 is 2.74 bits per heavy atom. The number of hydrogen-bond donors (Lipinski definition) is 0. The number of pyridine rings is 1. The maximum absolute atomic E-state index is 12.4. The van der Waals surface area contributed by atoms with Crippen LogP contribution in [0.3, 0.4) is 0 Å². The second-order valence-electron chi connectivity index (χ2n) is 4.48. The summed E-state index contributed by atoms with van der Waals surface area (Å²) in [7, 11) is 1.81. The molecule has 2 aromatic rings. The molecule has 0 aliphatic heterocycles. The van der Waals surface area contributed by atoms with Crippen molar-refractivity contribution < 1.29 is 4.79 Å². The highest BCUT2D eigenvalue weighted by Crippen LogP contribution is 2.21. The van der Waals surface area contributed by atoms with Crippen molar-refractivity contribution in [3.8, 4) is 0 Å². The second-order valence-corrected chi connectivity index (χ2v) is 6.39. The number of rotatable bonds is 3. The maximum Gasteiger partial charge on any atom is 0.255 e. The molecule has 100 valence electrons. The molecule has 1 amide bonds. The van der Waals surface area contributed by atoms with Crippen molar-refractivity contribution in [3.63, 3.8) is 0 Å². The normalized spacial score (nSPS) is 10.5. The van der Waals surface area contributed by atoms with Crippen LogP contribution in [0.15, 0.2) is 28.1 Å². The molecule has 5 heteroatoms. The van der Waals surface area contributed by atoms with Gasteiger partial charge in [-0.3, -0.25) is 9.78 Å². The molecule has 0 unspecified atom stereocenters. The molecule has 0 atom stereocenters. The van der Waals surface area contributed by atoms with Crippen molar-refractivity contribution in [2.45, 2.75) is 20.4 Å². The monoisotopic (exact) mass is 338 g/mol. The Morgan fingerprint density at radius 2 is 2.16 bits per heavy atom.